The van der Waals surface area contributed by atoms with Crippen LogP contribution in [0, 0.1) is 0 Å². The van der Waals surface area contributed by atoms with Crippen LogP contribution >= 0.6 is 34.8 Å². The van der Waals surface area contributed by atoms with Gasteiger partial charge in [0, 0.05) is 11.6 Å². The van der Waals surface area contributed by atoms with Gasteiger partial charge in [-0.05, 0) is 23.7 Å². The number of hydrogen-bond donors (Lipinski definition) is 0. The minimum absolute atomic E-state index is 0.200. The van der Waals surface area contributed by atoms with E-state index in [-0.39, 0.29) is 5.28 Å². The molecule has 1 heterocycles. The second-order valence-corrected chi connectivity index (χ2v) is 3.56. The van der Waals surface area contributed by atoms with Crippen molar-refractivity contribution in [2.24, 2.45) is 0 Å². The molecule has 0 bridgehead atoms. The predicted octanol–water partition coefficient (Wildman–Crippen LogP) is 3.59. The molecule has 0 spiro atoms. The Morgan fingerprint density at radius 2 is 1.85 bits per heavy atom. The molecule has 1 aromatic heterocycles. The maximum atomic E-state index is 5.92. The van der Waals surface area contributed by atoms with Crippen LogP contribution in [0.1, 0.15) is 0 Å². The van der Waals surface area contributed by atoms with E-state index in [2.05, 4.69) is 9.97 Å². The van der Waals surface area contributed by atoms with Crippen LogP contribution in [0.15, 0.2) is 18.3 Å². The first-order chi connectivity index (χ1) is 6.18. The first-order valence-electron chi connectivity index (χ1n) is 3.45. The van der Waals surface area contributed by atoms with Gasteiger partial charge in [0.2, 0.25) is 5.28 Å². The molecule has 2 rings (SSSR count). The fourth-order valence-electron chi connectivity index (χ4n) is 1.02. The highest BCUT2D eigenvalue weighted by Gasteiger charge is 2.05. The maximum absolute atomic E-state index is 5.92. The van der Waals surface area contributed by atoms with Crippen LogP contribution in [0.2, 0.25) is 15.3 Å². The van der Waals surface area contributed by atoms with Crippen LogP contribution < -0.4 is 0 Å². The Labute approximate surface area is 89.5 Å². The molecule has 0 atom stereocenters. The SMILES string of the molecule is Clc1ncc2c(Cl)c(Cl)ccc2n1. The maximum Gasteiger partial charge on any atom is 0.222 e. The van der Waals surface area contributed by atoms with Gasteiger partial charge in [0.1, 0.15) is 0 Å². The van der Waals surface area contributed by atoms with Crippen molar-refractivity contribution in [1.29, 1.82) is 0 Å². The van der Waals surface area contributed by atoms with E-state index >= 15 is 0 Å². The van der Waals surface area contributed by atoms with E-state index in [0.717, 1.165) is 0 Å². The summed E-state index contributed by atoms with van der Waals surface area (Å²) in [6.45, 7) is 0. The molecule has 0 amide bonds. The van der Waals surface area contributed by atoms with Gasteiger partial charge in [-0.3, -0.25) is 0 Å². The minimum Gasteiger partial charge on any atom is -0.226 e. The highest BCUT2D eigenvalue weighted by molar-refractivity contribution is 6.45. The molecular formula is C8H3Cl3N2. The van der Waals surface area contributed by atoms with Crippen LogP contribution in [0.25, 0.3) is 10.9 Å². The molecule has 66 valence electrons. The Kier molecular flexibility index (Phi) is 2.28. The molecule has 0 radical (unpaired) electrons. The minimum atomic E-state index is 0.200. The fraction of sp³-hybridized carbons (Fsp3) is 0. The van der Waals surface area contributed by atoms with Crippen molar-refractivity contribution in [3.05, 3.63) is 33.7 Å². The first-order valence-corrected chi connectivity index (χ1v) is 4.58. The first kappa shape index (κ1) is 9.00. The average molecular weight is 233 g/mol. The smallest absolute Gasteiger partial charge is 0.222 e. The second-order valence-electron chi connectivity index (χ2n) is 2.43. The third kappa shape index (κ3) is 1.57. The molecule has 0 aliphatic rings. The monoisotopic (exact) mass is 232 g/mol. The Balaban J connectivity index is 2.87. The Morgan fingerprint density at radius 3 is 2.62 bits per heavy atom. The van der Waals surface area contributed by atoms with Crippen molar-refractivity contribution in [1.82, 2.24) is 9.97 Å². The zero-order valence-corrected chi connectivity index (χ0v) is 8.53. The highest BCUT2D eigenvalue weighted by Crippen LogP contribution is 2.29. The van der Waals surface area contributed by atoms with E-state index < -0.39 is 0 Å². The summed E-state index contributed by atoms with van der Waals surface area (Å²) in [5.74, 6) is 0. The molecule has 0 saturated carbocycles. The molecule has 1 aromatic carbocycles. The summed E-state index contributed by atoms with van der Waals surface area (Å²) < 4.78 is 0. The van der Waals surface area contributed by atoms with Crippen molar-refractivity contribution in [2.75, 3.05) is 0 Å². The molecule has 0 saturated heterocycles. The number of hydrogen-bond acceptors (Lipinski definition) is 2. The van der Waals surface area contributed by atoms with Crippen molar-refractivity contribution in [3.8, 4) is 0 Å². The summed E-state index contributed by atoms with van der Waals surface area (Å²) in [6, 6.07) is 3.42. The van der Waals surface area contributed by atoms with E-state index in [1.165, 1.54) is 0 Å². The molecule has 0 aliphatic carbocycles. The molecule has 2 nitrogen and oxygen atoms in total. The number of halogens is 3. The summed E-state index contributed by atoms with van der Waals surface area (Å²) in [5.41, 5.74) is 0.689. The zero-order valence-electron chi connectivity index (χ0n) is 6.26. The van der Waals surface area contributed by atoms with Crippen molar-refractivity contribution >= 4 is 45.7 Å². The number of benzene rings is 1. The van der Waals surface area contributed by atoms with E-state index in [4.69, 9.17) is 34.8 Å². The Morgan fingerprint density at radius 1 is 1.08 bits per heavy atom. The van der Waals surface area contributed by atoms with Crippen LogP contribution in [-0.2, 0) is 0 Å². The van der Waals surface area contributed by atoms with Crippen molar-refractivity contribution in [2.45, 2.75) is 0 Å². The highest BCUT2D eigenvalue weighted by atomic mass is 35.5. The number of aromatic nitrogens is 2. The van der Waals surface area contributed by atoms with Gasteiger partial charge >= 0.3 is 0 Å². The van der Waals surface area contributed by atoms with Gasteiger partial charge in [0.05, 0.1) is 15.6 Å². The Hall–Kier alpha value is -0.570. The summed E-state index contributed by atoms with van der Waals surface area (Å²) in [5, 5.41) is 1.85. The summed E-state index contributed by atoms with van der Waals surface area (Å²) >= 11 is 17.3. The van der Waals surface area contributed by atoms with Crippen LogP contribution in [0.3, 0.4) is 0 Å². The lowest BCUT2D eigenvalue weighted by molar-refractivity contribution is 1.22. The molecule has 0 fully saturated rings. The van der Waals surface area contributed by atoms with Gasteiger partial charge in [0.25, 0.3) is 0 Å². The predicted molar refractivity (Wildman–Crippen MR) is 54.6 cm³/mol. The average Bonchev–Trinajstić information content (AvgIpc) is 2.12. The quantitative estimate of drug-likeness (QED) is 0.650. The molecule has 0 unspecified atom stereocenters. The van der Waals surface area contributed by atoms with Gasteiger partial charge in [0.15, 0.2) is 0 Å². The number of rotatable bonds is 0. The van der Waals surface area contributed by atoms with Gasteiger partial charge in [-0.15, -0.1) is 0 Å². The number of nitrogens with zero attached hydrogens (tertiary/aromatic N) is 2. The molecule has 5 heteroatoms. The van der Waals surface area contributed by atoms with E-state index in [9.17, 15) is 0 Å². The second kappa shape index (κ2) is 3.29. The largest absolute Gasteiger partial charge is 0.226 e. The van der Waals surface area contributed by atoms with E-state index in [1.807, 2.05) is 0 Å². The van der Waals surface area contributed by atoms with E-state index in [1.54, 1.807) is 18.3 Å². The Bertz CT molecular complexity index is 470. The van der Waals surface area contributed by atoms with Crippen LogP contribution in [0.5, 0.6) is 0 Å². The molecule has 0 aliphatic heterocycles. The van der Waals surface area contributed by atoms with Gasteiger partial charge < -0.3 is 0 Å². The topological polar surface area (TPSA) is 25.8 Å². The molecule has 0 N–H and O–H groups in total. The molecule has 13 heavy (non-hydrogen) atoms. The lowest BCUT2D eigenvalue weighted by atomic mass is 10.2. The molecular weight excluding hydrogens is 230 g/mol. The summed E-state index contributed by atoms with van der Waals surface area (Å²) in [7, 11) is 0. The molecule has 2 aromatic rings. The third-order valence-corrected chi connectivity index (χ3v) is 2.62. The van der Waals surface area contributed by atoms with Crippen molar-refractivity contribution < 1.29 is 0 Å². The van der Waals surface area contributed by atoms with E-state index in [0.29, 0.717) is 20.9 Å². The van der Waals surface area contributed by atoms with Gasteiger partial charge in [-0.2, -0.15) is 0 Å². The standard InChI is InChI=1S/C8H3Cl3N2/c9-5-1-2-6-4(7(5)10)3-12-8(11)13-6/h1-3H. The van der Waals surface area contributed by atoms with Crippen molar-refractivity contribution in [3.63, 3.8) is 0 Å². The van der Waals surface area contributed by atoms with Gasteiger partial charge in [-0.1, -0.05) is 23.2 Å². The zero-order chi connectivity index (χ0) is 9.42. The van der Waals surface area contributed by atoms with Crippen LogP contribution in [-0.4, -0.2) is 9.97 Å². The lowest BCUT2D eigenvalue weighted by Gasteiger charge is -2.00. The fourth-order valence-corrected chi connectivity index (χ4v) is 1.54. The third-order valence-electron chi connectivity index (χ3n) is 1.62. The lowest BCUT2D eigenvalue weighted by Crippen LogP contribution is -1.84. The number of fused-ring (bicyclic) bond motifs is 1. The normalized spacial score (nSPS) is 10.7. The summed E-state index contributed by atoms with van der Waals surface area (Å²) in [6.07, 6.45) is 1.55. The summed E-state index contributed by atoms with van der Waals surface area (Å²) in [4.78, 5) is 7.81. The van der Waals surface area contributed by atoms with Gasteiger partial charge in [-0.25, -0.2) is 9.97 Å². The van der Waals surface area contributed by atoms with Crippen LogP contribution in [0.4, 0.5) is 0 Å².